The average Bonchev–Trinajstić information content (AvgIpc) is 2.38. The molecule has 1 amide bonds. The van der Waals surface area contributed by atoms with Crippen molar-refractivity contribution in [2.75, 3.05) is 18.4 Å². The Morgan fingerprint density at radius 3 is 3.06 bits per heavy atom. The van der Waals surface area contributed by atoms with Crippen LogP contribution in [0.2, 0.25) is 0 Å². The molecule has 1 aromatic heterocycles. The van der Waals surface area contributed by atoms with Crippen LogP contribution in [-0.2, 0) is 4.74 Å². The van der Waals surface area contributed by atoms with Crippen molar-refractivity contribution in [1.82, 2.24) is 15.1 Å². The van der Waals surface area contributed by atoms with Gasteiger partial charge >= 0.3 is 0 Å². The first kappa shape index (κ1) is 12.4. The summed E-state index contributed by atoms with van der Waals surface area (Å²) in [5.41, 5.74) is 0.572. The molecule has 1 saturated heterocycles. The molecule has 2 heterocycles. The predicted molar refractivity (Wildman–Crippen MR) is 66.1 cm³/mol. The molecular formula is C11H14BrN3O2. The fourth-order valence-corrected chi connectivity index (χ4v) is 2.25. The summed E-state index contributed by atoms with van der Waals surface area (Å²) in [5.74, 6) is -0.0130. The van der Waals surface area contributed by atoms with Crippen molar-refractivity contribution in [3.05, 3.63) is 24.0 Å². The van der Waals surface area contributed by atoms with E-state index in [2.05, 4.69) is 26.1 Å². The van der Waals surface area contributed by atoms with Gasteiger partial charge in [-0.15, -0.1) is 0 Å². The van der Waals surface area contributed by atoms with Crippen LogP contribution in [0.4, 0.5) is 0 Å². The third kappa shape index (κ3) is 3.01. The third-order valence-electron chi connectivity index (χ3n) is 2.62. The zero-order valence-electron chi connectivity index (χ0n) is 9.54. The van der Waals surface area contributed by atoms with Crippen molar-refractivity contribution < 1.29 is 9.53 Å². The van der Waals surface area contributed by atoms with E-state index in [4.69, 9.17) is 4.74 Å². The molecule has 1 aliphatic heterocycles. The van der Waals surface area contributed by atoms with Gasteiger partial charge in [0.1, 0.15) is 0 Å². The van der Waals surface area contributed by atoms with Crippen molar-refractivity contribution in [2.24, 2.45) is 0 Å². The summed E-state index contributed by atoms with van der Waals surface area (Å²) < 4.78 is 5.68. The van der Waals surface area contributed by atoms with Crippen LogP contribution in [0.25, 0.3) is 0 Å². The Hall–Kier alpha value is -1.01. The summed E-state index contributed by atoms with van der Waals surface area (Å²) in [5, 5.41) is 8.12. The zero-order chi connectivity index (χ0) is 12.3. The van der Waals surface area contributed by atoms with Crippen molar-refractivity contribution in [1.29, 1.82) is 0 Å². The highest BCUT2D eigenvalue weighted by molar-refractivity contribution is 9.09. The first-order chi connectivity index (χ1) is 8.20. The molecule has 0 aliphatic carbocycles. The number of amides is 1. The second-order valence-corrected chi connectivity index (χ2v) is 4.71. The highest BCUT2D eigenvalue weighted by Gasteiger charge is 2.28. The van der Waals surface area contributed by atoms with Crippen LogP contribution in [0.15, 0.2) is 18.5 Å². The molecule has 0 aromatic carbocycles. The van der Waals surface area contributed by atoms with Crippen LogP contribution in [0.3, 0.4) is 0 Å². The lowest BCUT2D eigenvalue weighted by molar-refractivity contribution is -0.0559. The topological polar surface area (TPSA) is 55.3 Å². The van der Waals surface area contributed by atoms with E-state index in [1.807, 2.05) is 6.92 Å². The smallest absolute Gasteiger partial charge is 0.255 e. The monoisotopic (exact) mass is 299 g/mol. The van der Waals surface area contributed by atoms with E-state index in [0.717, 1.165) is 5.33 Å². The van der Waals surface area contributed by atoms with Crippen LogP contribution < -0.4 is 0 Å². The second kappa shape index (κ2) is 5.55. The number of alkyl halides is 1. The fraction of sp³-hybridized carbons (Fsp3) is 0.545. The Kier molecular flexibility index (Phi) is 4.06. The van der Waals surface area contributed by atoms with Crippen LogP contribution in [-0.4, -0.2) is 51.6 Å². The molecule has 17 heavy (non-hydrogen) atoms. The maximum atomic E-state index is 12.2. The molecule has 0 saturated carbocycles. The Bertz CT molecular complexity index is 388. The van der Waals surface area contributed by atoms with Gasteiger partial charge in [-0.3, -0.25) is 4.79 Å². The van der Waals surface area contributed by atoms with Crippen molar-refractivity contribution in [3.63, 3.8) is 0 Å². The maximum Gasteiger partial charge on any atom is 0.255 e. The van der Waals surface area contributed by atoms with Gasteiger partial charge < -0.3 is 9.64 Å². The van der Waals surface area contributed by atoms with Gasteiger partial charge in [-0.1, -0.05) is 15.9 Å². The average molecular weight is 300 g/mol. The minimum atomic E-state index is -0.0130. The molecule has 1 fully saturated rings. The van der Waals surface area contributed by atoms with Gasteiger partial charge in [0.25, 0.3) is 5.91 Å². The van der Waals surface area contributed by atoms with E-state index in [1.165, 1.54) is 12.4 Å². The van der Waals surface area contributed by atoms with Gasteiger partial charge in [-0.05, 0) is 13.0 Å². The van der Waals surface area contributed by atoms with Crippen LogP contribution in [0.1, 0.15) is 17.3 Å². The number of nitrogens with zero attached hydrogens (tertiary/aromatic N) is 3. The number of rotatable bonds is 2. The molecule has 1 aliphatic rings. The first-order valence-electron chi connectivity index (χ1n) is 5.48. The summed E-state index contributed by atoms with van der Waals surface area (Å²) in [6, 6.07) is 1.68. The number of hydrogen-bond acceptors (Lipinski definition) is 4. The summed E-state index contributed by atoms with van der Waals surface area (Å²) >= 11 is 3.39. The van der Waals surface area contributed by atoms with E-state index in [1.54, 1.807) is 11.0 Å². The highest BCUT2D eigenvalue weighted by Crippen LogP contribution is 2.15. The largest absolute Gasteiger partial charge is 0.371 e. The van der Waals surface area contributed by atoms with E-state index in [9.17, 15) is 4.79 Å². The van der Waals surface area contributed by atoms with Crippen LogP contribution in [0, 0.1) is 0 Å². The van der Waals surface area contributed by atoms with Gasteiger partial charge in [0.2, 0.25) is 0 Å². The highest BCUT2D eigenvalue weighted by atomic mass is 79.9. The normalized spacial score (nSPS) is 24.7. The Labute approximate surface area is 108 Å². The molecule has 2 rings (SSSR count). The second-order valence-electron chi connectivity index (χ2n) is 4.06. The van der Waals surface area contributed by atoms with Crippen LogP contribution in [0.5, 0.6) is 0 Å². The molecule has 6 heteroatoms. The first-order valence-corrected chi connectivity index (χ1v) is 6.60. The minimum absolute atomic E-state index is 0.0130. The number of carbonyl (C=O) groups excluding carboxylic acids is 1. The van der Waals surface area contributed by atoms with E-state index >= 15 is 0 Å². The summed E-state index contributed by atoms with van der Waals surface area (Å²) in [7, 11) is 0. The van der Waals surface area contributed by atoms with Crippen molar-refractivity contribution in [3.8, 4) is 0 Å². The number of hydrogen-bond donors (Lipinski definition) is 0. The van der Waals surface area contributed by atoms with Gasteiger partial charge in [-0.25, -0.2) is 0 Å². The van der Waals surface area contributed by atoms with Crippen molar-refractivity contribution in [2.45, 2.75) is 19.1 Å². The summed E-state index contributed by atoms with van der Waals surface area (Å²) in [4.78, 5) is 14.0. The van der Waals surface area contributed by atoms with Crippen LogP contribution >= 0.6 is 15.9 Å². The predicted octanol–water partition coefficient (Wildman–Crippen LogP) is 1.10. The standard InChI is InChI=1S/C11H14BrN3O2/c1-8-6-15(7-10(4-12)17-8)11(16)9-2-3-13-14-5-9/h2-3,5,8,10H,4,6-7H2,1H3. The fourth-order valence-electron chi connectivity index (χ4n) is 1.90. The molecule has 1 aromatic rings. The number of morpholine rings is 1. The van der Waals surface area contributed by atoms with Crippen molar-refractivity contribution >= 4 is 21.8 Å². The van der Waals surface area contributed by atoms with Gasteiger partial charge in [0.15, 0.2) is 0 Å². The molecule has 5 nitrogen and oxygen atoms in total. The molecule has 0 N–H and O–H groups in total. The third-order valence-corrected chi connectivity index (χ3v) is 3.34. The van der Waals surface area contributed by atoms with Gasteiger partial charge in [0.05, 0.1) is 30.2 Å². The number of ether oxygens (including phenoxy) is 1. The lowest BCUT2D eigenvalue weighted by atomic mass is 10.2. The summed E-state index contributed by atoms with van der Waals surface area (Å²) in [6.45, 7) is 3.20. The van der Waals surface area contributed by atoms with Gasteiger partial charge in [0, 0.05) is 18.4 Å². The lowest BCUT2D eigenvalue weighted by Gasteiger charge is -2.36. The maximum absolute atomic E-state index is 12.2. The van der Waals surface area contributed by atoms with E-state index in [0.29, 0.717) is 18.7 Å². The minimum Gasteiger partial charge on any atom is -0.371 e. The lowest BCUT2D eigenvalue weighted by Crippen LogP contribution is -2.49. The molecule has 92 valence electrons. The number of aromatic nitrogens is 2. The number of halogens is 1. The number of carbonyl (C=O) groups is 1. The van der Waals surface area contributed by atoms with E-state index in [-0.39, 0.29) is 18.1 Å². The Balaban J connectivity index is 2.09. The molecule has 2 unspecified atom stereocenters. The quantitative estimate of drug-likeness (QED) is 0.768. The Morgan fingerprint density at radius 1 is 1.59 bits per heavy atom. The van der Waals surface area contributed by atoms with Gasteiger partial charge in [-0.2, -0.15) is 10.2 Å². The summed E-state index contributed by atoms with van der Waals surface area (Å²) in [6.07, 6.45) is 3.13. The molecule has 0 radical (unpaired) electrons. The zero-order valence-corrected chi connectivity index (χ0v) is 11.1. The SMILES string of the molecule is CC1CN(C(=O)c2ccnnc2)CC(CBr)O1. The molecule has 2 atom stereocenters. The Morgan fingerprint density at radius 2 is 2.41 bits per heavy atom. The molecule has 0 spiro atoms. The molecule has 0 bridgehead atoms. The molecular weight excluding hydrogens is 286 g/mol. The van der Waals surface area contributed by atoms with E-state index < -0.39 is 0 Å².